The number of aliphatic imine (C=N–C) groups is 1. The van der Waals surface area contributed by atoms with Crippen LogP contribution in [0.3, 0.4) is 0 Å². The Bertz CT molecular complexity index is 305. The monoisotopic (exact) mass is 175 g/mol. The van der Waals surface area contributed by atoms with Crippen LogP contribution in [0, 0.1) is 0 Å². The largest absolute Gasteiger partial charge is 0.375 e. The molecule has 13 heavy (non-hydrogen) atoms. The maximum atomic E-state index is 8.53. The van der Waals surface area contributed by atoms with Crippen molar-refractivity contribution >= 4 is 6.21 Å². The van der Waals surface area contributed by atoms with E-state index in [1.807, 2.05) is 30.3 Å². The van der Waals surface area contributed by atoms with Crippen molar-refractivity contribution in [2.75, 3.05) is 6.73 Å². The lowest BCUT2D eigenvalue weighted by molar-refractivity contribution is 0.310. The smallest absolute Gasteiger partial charge is 0.134 e. The molecule has 1 aromatic carbocycles. The Hall–Kier alpha value is -1.41. The Balaban J connectivity index is 2.90. The molecule has 0 unspecified atom stereocenters. The summed E-state index contributed by atoms with van der Waals surface area (Å²) in [7, 11) is 0. The second-order valence-corrected chi connectivity index (χ2v) is 2.64. The summed E-state index contributed by atoms with van der Waals surface area (Å²) in [4.78, 5) is 3.78. The third kappa shape index (κ3) is 2.84. The van der Waals surface area contributed by atoms with Crippen LogP contribution in [0.25, 0.3) is 0 Å². The first kappa shape index (κ1) is 9.68. The predicted octanol–water partition coefficient (Wildman–Crippen LogP) is 1.78. The van der Waals surface area contributed by atoms with Gasteiger partial charge in [-0.3, -0.25) is 4.99 Å². The fraction of sp³-hybridized carbons (Fsp3) is 0.182. The van der Waals surface area contributed by atoms with Gasteiger partial charge in [-0.25, -0.2) is 0 Å². The van der Waals surface area contributed by atoms with Crippen LogP contribution in [-0.4, -0.2) is 18.1 Å². The molecular formula is C11H13NO. The molecule has 0 radical (unpaired) electrons. The minimum absolute atomic E-state index is 0.164. The lowest BCUT2D eigenvalue weighted by Gasteiger charge is -2.00. The van der Waals surface area contributed by atoms with Gasteiger partial charge in [-0.15, -0.1) is 6.58 Å². The van der Waals surface area contributed by atoms with Crippen LogP contribution in [0.4, 0.5) is 0 Å². The second kappa shape index (κ2) is 5.27. The van der Waals surface area contributed by atoms with Gasteiger partial charge >= 0.3 is 0 Å². The number of aliphatic hydroxyl groups is 1. The van der Waals surface area contributed by atoms with Gasteiger partial charge in [0.25, 0.3) is 0 Å². The summed E-state index contributed by atoms with van der Waals surface area (Å²) < 4.78 is 0. The van der Waals surface area contributed by atoms with E-state index in [1.54, 1.807) is 6.21 Å². The highest BCUT2D eigenvalue weighted by atomic mass is 16.3. The first-order valence-electron chi connectivity index (χ1n) is 4.18. The molecule has 0 aliphatic heterocycles. The minimum Gasteiger partial charge on any atom is -0.375 e. The summed E-state index contributed by atoms with van der Waals surface area (Å²) in [6.45, 7) is 3.52. The maximum Gasteiger partial charge on any atom is 0.134 e. The number of benzene rings is 1. The van der Waals surface area contributed by atoms with Crippen molar-refractivity contribution in [2.45, 2.75) is 6.42 Å². The van der Waals surface area contributed by atoms with Gasteiger partial charge in [-0.1, -0.05) is 30.3 Å². The first-order valence-corrected chi connectivity index (χ1v) is 4.18. The van der Waals surface area contributed by atoms with Crippen LogP contribution < -0.4 is 0 Å². The molecule has 2 heteroatoms. The average Bonchev–Trinajstić information content (AvgIpc) is 2.17. The highest BCUT2D eigenvalue weighted by molar-refractivity contribution is 5.81. The van der Waals surface area contributed by atoms with Gasteiger partial charge < -0.3 is 5.11 Å². The second-order valence-electron chi connectivity index (χ2n) is 2.64. The molecule has 2 nitrogen and oxygen atoms in total. The standard InChI is InChI=1S/C11H13NO/c1-2-5-10-6-3-4-7-11(10)8-12-9-13/h2-4,6-8,13H,1,5,9H2. The van der Waals surface area contributed by atoms with Crippen LogP contribution in [0.15, 0.2) is 41.9 Å². The first-order chi connectivity index (χ1) is 6.38. The van der Waals surface area contributed by atoms with Crippen molar-refractivity contribution in [1.82, 2.24) is 0 Å². The van der Waals surface area contributed by atoms with Gasteiger partial charge in [-0.05, 0) is 17.5 Å². The fourth-order valence-electron chi connectivity index (χ4n) is 1.14. The molecule has 1 aromatic rings. The molecule has 68 valence electrons. The third-order valence-electron chi connectivity index (χ3n) is 1.73. The van der Waals surface area contributed by atoms with Gasteiger partial charge in [0.15, 0.2) is 0 Å². The molecule has 0 amide bonds. The van der Waals surface area contributed by atoms with Crippen molar-refractivity contribution in [2.24, 2.45) is 4.99 Å². The number of rotatable bonds is 4. The van der Waals surface area contributed by atoms with E-state index >= 15 is 0 Å². The number of hydrogen-bond acceptors (Lipinski definition) is 2. The normalized spacial score (nSPS) is 10.5. The Labute approximate surface area is 78.3 Å². The molecule has 0 aromatic heterocycles. The Morgan fingerprint density at radius 1 is 1.38 bits per heavy atom. The predicted molar refractivity (Wildman–Crippen MR) is 55.0 cm³/mol. The zero-order valence-electron chi connectivity index (χ0n) is 7.48. The van der Waals surface area contributed by atoms with Crippen molar-refractivity contribution in [3.8, 4) is 0 Å². The summed E-state index contributed by atoms with van der Waals surface area (Å²) in [5, 5.41) is 8.53. The average molecular weight is 175 g/mol. The number of hydrogen-bond donors (Lipinski definition) is 1. The van der Waals surface area contributed by atoms with Crippen LogP contribution in [-0.2, 0) is 6.42 Å². The summed E-state index contributed by atoms with van der Waals surface area (Å²) in [5.41, 5.74) is 2.21. The Kier molecular flexibility index (Phi) is 3.93. The highest BCUT2D eigenvalue weighted by Gasteiger charge is 1.95. The summed E-state index contributed by atoms with van der Waals surface area (Å²) in [5.74, 6) is 0. The molecule has 0 fully saturated rings. The van der Waals surface area contributed by atoms with Crippen molar-refractivity contribution in [3.05, 3.63) is 48.0 Å². The lowest BCUT2D eigenvalue weighted by atomic mass is 10.1. The summed E-state index contributed by atoms with van der Waals surface area (Å²) in [6.07, 6.45) is 4.36. The molecule has 1 N–H and O–H groups in total. The quantitative estimate of drug-likeness (QED) is 0.549. The number of allylic oxidation sites excluding steroid dienone is 1. The molecule has 0 bridgehead atoms. The zero-order valence-corrected chi connectivity index (χ0v) is 7.48. The van der Waals surface area contributed by atoms with Crippen molar-refractivity contribution < 1.29 is 5.11 Å². The van der Waals surface area contributed by atoms with E-state index in [1.165, 1.54) is 5.56 Å². The van der Waals surface area contributed by atoms with Gasteiger partial charge in [-0.2, -0.15) is 0 Å². The molecule has 0 saturated heterocycles. The van der Waals surface area contributed by atoms with Gasteiger partial charge in [0, 0.05) is 6.21 Å². The molecule has 0 aliphatic carbocycles. The molecule has 1 rings (SSSR count). The minimum atomic E-state index is -0.164. The topological polar surface area (TPSA) is 32.6 Å². The fourth-order valence-corrected chi connectivity index (χ4v) is 1.14. The molecule has 0 spiro atoms. The van der Waals surface area contributed by atoms with E-state index in [-0.39, 0.29) is 6.73 Å². The van der Waals surface area contributed by atoms with E-state index in [4.69, 9.17) is 5.11 Å². The highest BCUT2D eigenvalue weighted by Crippen LogP contribution is 2.07. The van der Waals surface area contributed by atoms with Crippen LogP contribution >= 0.6 is 0 Å². The van der Waals surface area contributed by atoms with Crippen molar-refractivity contribution in [1.29, 1.82) is 0 Å². The van der Waals surface area contributed by atoms with E-state index in [9.17, 15) is 0 Å². The molecule has 0 atom stereocenters. The third-order valence-corrected chi connectivity index (χ3v) is 1.73. The lowest BCUT2D eigenvalue weighted by Crippen LogP contribution is -1.91. The molecule has 0 aliphatic rings. The summed E-state index contributed by atoms with van der Waals surface area (Å²) in [6, 6.07) is 7.93. The number of nitrogens with zero attached hydrogens (tertiary/aromatic N) is 1. The van der Waals surface area contributed by atoms with E-state index in [0.717, 1.165) is 12.0 Å². The molecule has 0 saturated carbocycles. The maximum absolute atomic E-state index is 8.53. The Morgan fingerprint density at radius 3 is 2.85 bits per heavy atom. The van der Waals surface area contributed by atoms with Crippen LogP contribution in [0.1, 0.15) is 11.1 Å². The molecular weight excluding hydrogens is 162 g/mol. The van der Waals surface area contributed by atoms with E-state index in [2.05, 4.69) is 11.6 Å². The zero-order chi connectivity index (χ0) is 9.52. The van der Waals surface area contributed by atoms with Crippen LogP contribution in [0.2, 0.25) is 0 Å². The van der Waals surface area contributed by atoms with Gasteiger partial charge in [0.2, 0.25) is 0 Å². The van der Waals surface area contributed by atoms with Crippen molar-refractivity contribution in [3.63, 3.8) is 0 Å². The Morgan fingerprint density at radius 2 is 2.15 bits per heavy atom. The number of aliphatic hydroxyl groups excluding tert-OH is 1. The van der Waals surface area contributed by atoms with E-state index < -0.39 is 0 Å². The van der Waals surface area contributed by atoms with Gasteiger partial charge in [0.05, 0.1) is 0 Å². The SMILES string of the molecule is C=CCc1ccccc1C=NCO. The molecule has 0 heterocycles. The summed E-state index contributed by atoms with van der Waals surface area (Å²) >= 11 is 0. The van der Waals surface area contributed by atoms with E-state index in [0.29, 0.717) is 0 Å². The van der Waals surface area contributed by atoms with Crippen LogP contribution in [0.5, 0.6) is 0 Å². The van der Waals surface area contributed by atoms with Gasteiger partial charge in [0.1, 0.15) is 6.73 Å².